The van der Waals surface area contributed by atoms with Crippen molar-refractivity contribution in [3.05, 3.63) is 41.9 Å². The van der Waals surface area contributed by atoms with Crippen LogP contribution in [0.3, 0.4) is 0 Å². The lowest BCUT2D eigenvalue weighted by atomic mass is 10.2. The van der Waals surface area contributed by atoms with Gasteiger partial charge in [0, 0.05) is 44.3 Å². The highest BCUT2D eigenvalue weighted by Crippen LogP contribution is 2.49. The van der Waals surface area contributed by atoms with Crippen molar-refractivity contribution in [2.75, 3.05) is 38.0 Å². The molecule has 2 aliphatic carbocycles. The van der Waals surface area contributed by atoms with Gasteiger partial charge in [-0.05, 0) is 18.6 Å². The summed E-state index contributed by atoms with van der Waals surface area (Å²) in [5, 5.41) is 24.7. The molecule has 11 nitrogen and oxygen atoms in total. The molecular weight excluding hydrogens is 426 g/mol. The average molecular weight is 454 g/mol. The maximum absolute atomic E-state index is 12.8. The molecule has 0 aromatic carbocycles. The van der Waals surface area contributed by atoms with Crippen LogP contribution in [-0.2, 0) is 9.47 Å². The van der Waals surface area contributed by atoms with Crippen molar-refractivity contribution >= 4 is 23.2 Å². The second kappa shape index (κ2) is 7.72. The first-order chi connectivity index (χ1) is 16.1. The number of aliphatic hydroxyl groups excluding tert-OH is 1. The zero-order valence-electron chi connectivity index (χ0n) is 18.4. The van der Waals surface area contributed by atoms with E-state index in [4.69, 9.17) is 9.47 Å². The highest BCUT2D eigenvalue weighted by Gasteiger charge is 2.58. The third-order valence-electron chi connectivity index (χ3n) is 6.94. The number of anilines is 2. The highest BCUT2D eigenvalue weighted by atomic mass is 16.5. The minimum Gasteiger partial charge on any atom is -0.381 e. The number of fused-ring (bicyclic) bond motifs is 2. The fourth-order valence-corrected chi connectivity index (χ4v) is 4.94. The molecule has 6 atom stereocenters. The maximum atomic E-state index is 12.8. The number of nitrogens with one attached hydrogen (secondary N) is 3. The van der Waals surface area contributed by atoms with Crippen LogP contribution < -0.4 is 16.0 Å². The van der Waals surface area contributed by atoms with E-state index in [9.17, 15) is 9.90 Å². The van der Waals surface area contributed by atoms with E-state index in [1.54, 1.807) is 24.7 Å². The molecule has 0 spiro atoms. The standard InChI is InChI=1S/C22H27N7O4/c1-23-18-7-17(25-14-4-3-5-28(22(14)31)19-12-9-33-10-13(12)19)27-20-11(8-24-29(18)20)21(30)26-15-6-16(15)32-2/h3-5,7-8,12-13,15-16,19,22-23,31H,6,9-10H2,1-2H3,(H,25,27)(H,26,30)/t12-,13+,15-,16-,19?,22?/m1/s1. The molecule has 2 saturated carbocycles. The van der Waals surface area contributed by atoms with Gasteiger partial charge in [-0.3, -0.25) is 4.79 Å². The van der Waals surface area contributed by atoms with Crippen LogP contribution in [0.2, 0.25) is 0 Å². The fraction of sp³-hybridized carbons (Fsp3) is 0.500. The molecule has 0 bridgehead atoms. The van der Waals surface area contributed by atoms with Crippen LogP contribution >= 0.6 is 0 Å². The van der Waals surface area contributed by atoms with Crippen molar-refractivity contribution in [1.29, 1.82) is 0 Å². The van der Waals surface area contributed by atoms with Gasteiger partial charge in [0.2, 0.25) is 0 Å². The molecule has 2 aliphatic heterocycles. The van der Waals surface area contributed by atoms with Gasteiger partial charge in [0.15, 0.2) is 11.9 Å². The first kappa shape index (κ1) is 20.5. The largest absolute Gasteiger partial charge is 0.381 e. The number of ether oxygens (including phenoxy) is 2. The number of hydrogen-bond acceptors (Lipinski definition) is 9. The Balaban J connectivity index is 1.24. The van der Waals surface area contributed by atoms with Crippen molar-refractivity contribution in [1.82, 2.24) is 24.8 Å². The molecule has 2 aromatic heterocycles. The molecule has 11 heteroatoms. The normalized spacial score (nSPS) is 31.8. The summed E-state index contributed by atoms with van der Waals surface area (Å²) in [7, 11) is 3.42. The van der Waals surface area contributed by atoms with E-state index in [1.165, 1.54) is 6.20 Å². The number of nitrogens with zero attached hydrogens (tertiary/aromatic N) is 4. The van der Waals surface area contributed by atoms with Crippen LogP contribution in [0.25, 0.3) is 5.65 Å². The number of methoxy groups -OCH3 is 1. The Morgan fingerprint density at radius 2 is 2.15 bits per heavy atom. The van der Waals surface area contributed by atoms with Gasteiger partial charge in [0.25, 0.3) is 5.91 Å². The Kier molecular flexibility index (Phi) is 4.78. The van der Waals surface area contributed by atoms with Crippen LogP contribution in [0.15, 0.2) is 36.3 Å². The van der Waals surface area contributed by atoms with Gasteiger partial charge < -0.3 is 35.4 Å². The number of aromatic nitrogens is 3. The molecule has 6 rings (SSSR count). The number of hydrogen-bond donors (Lipinski definition) is 4. The quantitative estimate of drug-likeness (QED) is 0.471. The minimum absolute atomic E-state index is 0.00940. The van der Waals surface area contributed by atoms with E-state index in [0.717, 1.165) is 19.6 Å². The SMILES string of the molecule is CNc1cc(NC2=CC=CN(C3[C@H]4COC[C@@H]34)C2O)nc2c(C(=O)N[C@@H]3C[C@H]3OC)cnn12. The van der Waals surface area contributed by atoms with Crippen molar-refractivity contribution in [3.63, 3.8) is 0 Å². The van der Waals surface area contributed by atoms with Crippen LogP contribution in [-0.4, -0.2) is 82.3 Å². The molecule has 174 valence electrons. The number of carbonyl (C=O) groups is 1. The predicted octanol–water partition coefficient (Wildman–Crippen LogP) is 0.376. The molecule has 4 aliphatic rings. The van der Waals surface area contributed by atoms with Gasteiger partial charge in [-0.2, -0.15) is 9.61 Å². The molecule has 0 radical (unpaired) electrons. The molecule has 2 unspecified atom stereocenters. The molecule has 3 fully saturated rings. The van der Waals surface area contributed by atoms with Gasteiger partial charge in [-0.15, -0.1) is 0 Å². The minimum atomic E-state index is -0.810. The average Bonchev–Trinajstić information content (AvgIpc) is 3.58. The van der Waals surface area contributed by atoms with Crippen molar-refractivity contribution in [3.8, 4) is 0 Å². The van der Waals surface area contributed by atoms with Crippen molar-refractivity contribution in [2.45, 2.75) is 30.8 Å². The van der Waals surface area contributed by atoms with Gasteiger partial charge in [-0.25, -0.2) is 4.98 Å². The number of allylic oxidation sites excluding steroid dienone is 2. The Morgan fingerprint density at radius 1 is 1.33 bits per heavy atom. The van der Waals surface area contributed by atoms with E-state index in [1.807, 2.05) is 23.3 Å². The third-order valence-corrected chi connectivity index (χ3v) is 6.94. The van der Waals surface area contributed by atoms with Crippen LogP contribution in [0.4, 0.5) is 11.6 Å². The van der Waals surface area contributed by atoms with E-state index in [2.05, 4.69) is 26.0 Å². The molecule has 4 N–H and O–H groups in total. The summed E-state index contributed by atoms with van der Waals surface area (Å²) >= 11 is 0. The number of aliphatic hydroxyl groups is 1. The van der Waals surface area contributed by atoms with Crippen molar-refractivity contribution in [2.24, 2.45) is 11.8 Å². The lowest BCUT2D eigenvalue weighted by Gasteiger charge is -2.32. The zero-order chi connectivity index (χ0) is 22.7. The Labute approximate surface area is 190 Å². The van der Waals surface area contributed by atoms with Gasteiger partial charge >= 0.3 is 0 Å². The van der Waals surface area contributed by atoms with Gasteiger partial charge in [0.05, 0.1) is 37.3 Å². The van der Waals surface area contributed by atoms with Crippen LogP contribution in [0, 0.1) is 11.8 Å². The Hall–Kier alpha value is -3.15. The van der Waals surface area contributed by atoms with Gasteiger partial charge in [-0.1, -0.05) is 0 Å². The molecule has 1 saturated heterocycles. The van der Waals surface area contributed by atoms with Crippen LogP contribution in [0.1, 0.15) is 16.8 Å². The molecular formula is C22H27N7O4. The highest BCUT2D eigenvalue weighted by molar-refractivity contribution is 6.00. The number of amides is 1. The van der Waals surface area contributed by atoms with E-state index in [-0.39, 0.29) is 18.1 Å². The number of carbonyl (C=O) groups excluding carboxylic acids is 1. The molecule has 4 heterocycles. The summed E-state index contributed by atoms with van der Waals surface area (Å²) < 4.78 is 12.3. The van der Waals surface area contributed by atoms with E-state index >= 15 is 0 Å². The summed E-state index contributed by atoms with van der Waals surface area (Å²) in [6, 6.07) is 2.09. The fourth-order valence-electron chi connectivity index (χ4n) is 4.94. The first-order valence-electron chi connectivity index (χ1n) is 11.2. The lowest BCUT2D eigenvalue weighted by molar-refractivity contribution is 0.0388. The summed E-state index contributed by atoms with van der Waals surface area (Å²) in [4.78, 5) is 19.5. The summed E-state index contributed by atoms with van der Waals surface area (Å²) in [6.45, 7) is 1.50. The smallest absolute Gasteiger partial charge is 0.257 e. The topological polar surface area (TPSA) is 125 Å². The van der Waals surface area contributed by atoms with Crippen molar-refractivity contribution < 1.29 is 19.4 Å². The molecule has 33 heavy (non-hydrogen) atoms. The monoisotopic (exact) mass is 453 g/mol. The van der Waals surface area contributed by atoms with E-state index in [0.29, 0.717) is 46.4 Å². The zero-order valence-corrected chi connectivity index (χ0v) is 18.4. The summed E-state index contributed by atoms with van der Waals surface area (Å²) in [5.41, 5.74) is 1.42. The second-order valence-electron chi connectivity index (χ2n) is 8.93. The maximum Gasteiger partial charge on any atom is 0.257 e. The Morgan fingerprint density at radius 3 is 2.88 bits per heavy atom. The molecule has 2 aromatic rings. The third kappa shape index (κ3) is 3.43. The number of rotatable bonds is 7. The predicted molar refractivity (Wildman–Crippen MR) is 119 cm³/mol. The van der Waals surface area contributed by atoms with Gasteiger partial charge in [0.1, 0.15) is 17.2 Å². The van der Waals surface area contributed by atoms with E-state index < -0.39 is 6.23 Å². The molecule has 1 amide bonds. The lowest BCUT2D eigenvalue weighted by Crippen LogP contribution is -2.40. The first-order valence-corrected chi connectivity index (χ1v) is 11.2. The van der Waals surface area contributed by atoms with Crippen LogP contribution in [0.5, 0.6) is 0 Å². The summed E-state index contributed by atoms with van der Waals surface area (Å²) in [6.07, 6.45) is 7.24. The summed E-state index contributed by atoms with van der Waals surface area (Å²) in [5.74, 6) is 1.88. The second-order valence-corrected chi connectivity index (χ2v) is 8.93. The Bertz CT molecular complexity index is 1150.